The molecule has 1 heterocycles. The maximum atomic E-state index is 12.3. The van der Waals surface area contributed by atoms with Gasteiger partial charge in [-0.3, -0.25) is 9.78 Å². The number of likely N-dealkylation sites (N-methyl/N-ethyl adjacent to an activating group) is 1. The highest BCUT2D eigenvalue weighted by molar-refractivity contribution is 6.01. The average Bonchev–Trinajstić information content (AvgIpc) is 2.67. The van der Waals surface area contributed by atoms with E-state index in [2.05, 4.69) is 34.3 Å². The molecule has 0 bridgehead atoms. The summed E-state index contributed by atoms with van der Waals surface area (Å²) in [6.07, 6.45) is 0.419. The number of nitrogens with zero attached hydrogens (tertiary/aromatic N) is 3. The van der Waals surface area contributed by atoms with Crippen LogP contribution in [0.2, 0.25) is 0 Å². The van der Waals surface area contributed by atoms with Crippen LogP contribution in [0.5, 0.6) is 5.88 Å². The van der Waals surface area contributed by atoms with Gasteiger partial charge in [-0.05, 0) is 31.6 Å². The lowest BCUT2D eigenvalue weighted by atomic mass is 10.1. The summed E-state index contributed by atoms with van der Waals surface area (Å²) in [6.45, 7) is 9.35. The zero-order valence-electron chi connectivity index (χ0n) is 16.0. The SMILES string of the molecule is CCC(=NNCCN(CC)CC)c1c(O)n(-c2ccccc2)c(=O)[nH]c1=O. The molecule has 0 amide bonds. The Morgan fingerprint density at radius 1 is 1.19 bits per heavy atom. The molecule has 0 aliphatic rings. The topological polar surface area (TPSA) is 103 Å². The summed E-state index contributed by atoms with van der Waals surface area (Å²) < 4.78 is 1.07. The lowest BCUT2D eigenvalue weighted by molar-refractivity contribution is 0.303. The van der Waals surface area contributed by atoms with E-state index in [1.165, 1.54) is 0 Å². The molecule has 0 fully saturated rings. The number of aromatic amines is 1. The number of aromatic nitrogens is 2. The fourth-order valence-corrected chi connectivity index (χ4v) is 2.81. The number of nitrogens with one attached hydrogen (secondary N) is 2. The first-order valence-corrected chi connectivity index (χ1v) is 9.19. The van der Waals surface area contributed by atoms with Crippen molar-refractivity contribution in [2.45, 2.75) is 27.2 Å². The molecule has 0 radical (unpaired) electrons. The van der Waals surface area contributed by atoms with Gasteiger partial charge in [-0.15, -0.1) is 0 Å². The van der Waals surface area contributed by atoms with Crippen molar-refractivity contribution in [2.24, 2.45) is 5.10 Å². The molecule has 0 saturated carbocycles. The Hall–Kier alpha value is -2.87. The van der Waals surface area contributed by atoms with Crippen molar-refractivity contribution < 1.29 is 5.11 Å². The van der Waals surface area contributed by atoms with Gasteiger partial charge in [-0.1, -0.05) is 39.0 Å². The van der Waals surface area contributed by atoms with E-state index < -0.39 is 17.1 Å². The van der Waals surface area contributed by atoms with Gasteiger partial charge in [0.05, 0.1) is 11.4 Å². The first-order chi connectivity index (χ1) is 13.0. The van der Waals surface area contributed by atoms with Crippen molar-refractivity contribution in [1.82, 2.24) is 19.9 Å². The summed E-state index contributed by atoms with van der Waals surface area (Å²) in [5.74, 6) is -0.416. The number of hydrazone groups is 1. The van der Waals surface area contributed by atoms with Crippen molar-refractivity contribution in [3.8, 4) is 11.6 Å². The molecule has 1 aromatic carbocycles. The lowest BCUT2D eigenvalue weighted by Gasteiger charge is -2.17. The maximum absolute atomic E-state index is 12.3. The summed E-state index contributed by atoms with van der Waals surface area (Å²) in [4.78, 5) is 29.1. The molecule has 0 spiro atoms. The van der Waals surface area contributed by atoms with Gasteiger partial charge in [-0.25, -0.2) is 9.36 Å². The first kappa shape index (κ1) is 20.4. The van der Waals surface area contributed by atoms with Crippen molar-refractivity contribution in [3.63, 3.8) is 0 Å². The highest BCUT2D eigenvalue weighted by Gasteiger charge is 2.19. The standard InChI is InChI=1S/C19H27N5O3/c1-4-15(22-20-12-13-23(5-2)6-3)16-17(25)21-19(27)24(18(16)26)14-10-8-7-9-11-14/h7-11,20,26H,4-6,12-13H2,1-3H3,(H,21,25,27). The molecule has 27 heavy (non-hydrogen) atoms. The highest BCUT2D eigenvalue weighted by atomic mass is 16.3. The second kappa shape index (κ2) is 9.72. The monoisotopic (exact) mass is 373 g/mol. The molecule has 8 nitrogen and oxygen atoms in total. The summed E-state index contributed by atoms with van der Waals surface area (Å²) in [6, 6.07) is 8.64. The van der Waals surface area contributed by atoms with E-state index in [1.807, 2.05) is 6.92 Å². The van der Waals surface area contributed by atoms with E-state index in [-0.39, 0.29) is 5.56 Å². The number of benzene rings is 1. The zero-order valence-corrected chi connectivity index (χ0v) is 16.0. The number of aromatic hydroxyl groups is 1. The second-order valence-corrected chi connectivity index (χ2v) is 5.98. The van der Waals surface area contributed by atoms with Crippen LogP contribution in [0.1, 0.15) is 32.8 Å². The maximum Gasteiger partial charge on any atom is 0.335 e. The summed E-state index contributed by atoms with van der Waals surface area (Å²) >= 11 is 0. The summed E-state index contributed by atoms with van der Waals surface area (Å²) in [5, 5.41) is 14.9. The van der Waals surface area contributed by atoms with Crippen LogP contribution in [0.15, 0.2) is 45.0 Å². The highest BCUT2D eigenvalue weighted by Crippen LogP contribution is 2.17. The molecular weight excluding hydrogens is 346 g/mol. The van der Waals surface area contributed by atoms with Crippen LogP contribution in [0, 0.1) is 0 Å². The number of rotatable bonds is 9. The Kier molecular flexibility index (Phi) is 7.36. The zero-order chi connectivity index (χ0) is 19.8. The van der Waals surface area contributed by atoms with E-state index in [1.54, 1.807) is 30.3 Å². The van der Waals surface area contributed by atoms with Crippen LogP contribution in [0.25, 0.3) is 5.69 Å². The number of H-pyrrole nitrogens is 1. The van der Waals surface area contributed by atoms with E-state index in [4.69, 9.17) is 0 Å². The molecule has 2 aromatic rings. The Labute approximate surface area is 158 Å². The quantitative estimate of drug-likeness (QED) is 0.349. The van der Waals surface area contributed by atoms with Crippen LogP contribution in [0.4, 0.5) is 0 Å². The lowest BCUT2D eigenvalue weighted by Crippen LogP contribution is -2.34. The predicted octanol–water partition coefficient (Wildman–Crippen LogP) is 1.28. The fourth-order valence-electron chi connectivity index (χ4n) is 2.81. The van der Waals surface area contributed by atoms with Gasteiger partial charge in [0.1, 0.15) is 5.56 Å². The van der Waals surface area contributed by atoms with Crippen LogP contribution in [0.3, 0.4) is 0 Å². The Balaban J connectivity index is 2.36. The summed E-state index contributed by atoms with van der Waals surface area (Å²) in [7, 11) is 0. The molecule has 146 valence electrons. The molecule has 0 saturated heterocycles. The molecule has 0 aliphatic heterocycles. The smallest absolute Gasteiger partial charge is 0.335 e. The molecule has 1 aromatic heterocycles. The van der Waals surface area contributed by atoms with Crippen LogP contribution in [-0.2, 0) is 0 Å². The third-order valence-corrected chi connectivity index (χ3v) is 4.37. The minimum atomic E-state index is -0.697. The molecule has 0 unspecified atom stereocenters. The minimum Gasteiger partial charge on any atom is -0.493 e. The van der Waals surface area contributed by atoms with Crippen molar-refractivity contribution in [2.75, 3.05) is 26.2 Å². The second-order valence-electron chi connectivity index (χ2n) is 5.98. The first-order valence-electron chi connectivity index (χ1n) is 9.19. The van der Waals surface area contributed by atoms with Crippen molar-refractivity contribution in [1.29, 1.82) is 0 Å². The van der Waals surface area contributed by atoms with E-state index in [9.17, 15) is 14.7 Å². The van der Waals surface area contributed by atoms with Crippen molar-refractivity contribution in [3.05, 3.63) is 56.7 Å². The van der Waals surface area contributed by atoms with Gasteiger partial charge in [0.2, 0.25) is 5.88 Å². The van der Waals surface area contributed by atoms with E-state index in [0.29, 0.717) is 24.4 Å². The molecule has 2 rings (SSSR count). The Bertz CT molecular complexity index is 882. The Morgan fingerprint density at radius 2 is 1.85 bits per heavy atom. The number of para-hydroxylation sites is 1. The van der Waals surface area contributed by atoms with Gasteiger partial charge in [0, 0.05) is 13.1 Å². The summed E-state index contributed by atoms with van der Waals surface area (Å²) in [5.41, 5.74) is 2.45. The van der Waals surface area contributed by atoms with Gasteiger partial charge in [-0.2, -0.15) is 5.10 Å². The molecule has 3 N–H and O–H groups in total. The minimum absolute atomic E-state index is 0.00343. The number of hydrogen-bond donors (Lipinski definition) is 3. The molecular formula is C19H27N5O3. The average molecular weight is 373 g/mol. The van der Waals surface area contributed by atoms with Crippen LogP contribution < -0.4 is 16.7 Å². The van der Waals surface area contributed by atoms with Gasteiger partial charge < -0.3 is 15.4 Å². The third-order valence-electron chi connectivity index (χ3n) is 4.37. The van der Waals surface area contributed by atoms with Gasteiger partial charge >= 0.3 is 5.69 Å². The van der Waals surface area contributed by atoms with Gasteiger partial charge in [0.25, 0.3) is 5.56 Å². The third kappa shape index (κ3) is 4.85. The molecule has 0 atom stereocenters. The predicted molar refractivity (Wildman–Crippen MR) is 107 cm³/mol. The molecule has 8 heteroatoms. The molecule has 0 aliphatic carbocycles. The van der Waals surface area contributed by atoms with E-state index in [0.717, 1.165) is 24.2 Å². The van der Waals surface area contributed by atoms with Crippen LogP contribution in [-0.4, -0.2) is 51.4 Å². The fraction of sp³-hybridized carbons (Fsp3) is 0.421. The Morgan fingerprint density at radius 3 is 2.44 bits per heavy atom. The normalized spacial score (nSPS) is 11.8. The van der Waals surface area contributed by atoms with Crippen molar-refractivity contribution >= 4 is 5.71 Å². The van der Waals surface area contributed by atoms with E-state index >= 15 is 0 Å². The van der Waals surface area contributed by atoms with Crippen LogP contribution >= 0.6 is 0 Å². The largest absolute Gasteiger partial charge is 0.493 e. The van der Waals surface area contributed by atoms with Gasteiger partial charge in [0.15, 0.2) is 0 Å². The number of hydrogen-bond acceptors (Lipinski definition) is 6.